The fraction of sp³-hybridized carbons (Fsp3) is 0.368. The molecule has 0 aliphatic heterocycles. The van der Waals surface area contributed by atoms with Crippen LogP contribution in [0.2, 0.25) is 0 Å². The van der Waals surface area contributed by atoms with Crippen molar-refractivity contribution in [1.29, 1.82) is 0 Å². The third-order valence-electron chi connectivity index (χ3n) is 4.68. The standard InChI is InChI=1S/C19H22N2O2/c1-21-12-11-15(13-18(21)22)19(23)20-17-10-6-5-9-16(17)14-7-3-2-4-8-14/h2-4,7-8,11-13,16-17H,5-6,9-10H2,1H3,(H,20,23)/t16-,17-/m1/s1. The second-order valence-corrected chi connectivity index (χ2v) is 6.25. The van der Waals surface area contributed by atoms with Crippen LogP contribution in [0.25, 0.3) is 0 Å². The van der Waals surface area contributed by atoms with Crippen molar-refractivity contribution < 1.29 is 4.79 Å². The van der Waals surface area contributed by atoms with Crippen LogP contribution in [-0.4, -0.2) is 16.5 Å². The summed E-state index contributed by atoms with van der Waals surface area (Å²) in [5, 5.41) is 3.14. The topological polar surface area (TPSA) is 51.1 Å². The Balaban J connectivity index is 1.77. The largest absolute Gasteiger partial charge is 0.349 e. The summed E-state index contributed by atoms with van der Waals surface area (Å²) in [4.78, 5) is 24.2. The quantitative estimate of drug-likeness (QED) is 0.948. The van der Waals surface area contributed by atoms with Gasteiger partial charge in [-0.15, -0.1) is 0 Å². The Labute approximate surface area is 136 Å². The summed E-state index contributed by atoms with van der Waals surface area (Å²) in [6, 6.07) is 13.6. The predicted octanol–water partition coefficient (Wildman–Crippen LogP) is 2.84. The predicted molar refractivity (Wildman–Crippen MR) is 90.6 cm³/mol. The zero-order chi connectivity index (χ0) is 16.2. The van der Waals surface area contributed by atoms with E-state index in [0.717, 1.165) is 19.3 Å². The van der Waals surface area contributed by atoms with E-state index in [9.17, 15) is 9.59 Å². The van der Waals surface area contributed by atoms with Crippen molar-refractivity contribution in [3.63, 3.8) is 0 Å². The average Bonchev–Trinajstić information content (AvgIpc) is 2.58. The molecule has 0 unspecified atom stereocenters. The van der Waals surface area contributed by atoms with Crippen LogP contribution in [0, 0.1) is 0 Å². The van der Waals surface area contributed by atoms with Gasteiger partial charge in [0.2, 0.25) is 0 Å². The smallest absolute Gasteiger partial charge is 0.251 e. The Bertz CT molecular complexity index is 737. The van der Waals surface area contributed by atoms with Gasteiger partial charge in [-0.2, -0.15) is 0 Å². The Hall–Kier alpha value is -2.36. The van der Waals surface area contributed by atoms with Crippen molar-refractivity contribution in [3.8, 4) is 0 Å². The number of benzene rings is 1. The molecular weight excluding hydrogens is 288 g/mol. The number of aromatic nitrogens is 1. The van der Waals surface area contributed by atoms with Gasteiger partial charge in [0.1, 0.15) is 0 Å². The lowest BCUT2D eigenvalue weighted by molar-refractivity contribution is 0.0920. The van der Waals surface area contributed by atoms with E-state index in [-0.39, 0.29) is 17.5 Å². The monoisotopic (exact) mass is 310 g/mol. The van der Waals surface area contributed by atoms with Crippen molar-refractivity contribution in [1.82, 2.24) is 9.88 Å². The van der Waals surface area contributed by atoms with Gasteiger partial charge >= 0.3 is 0 Å². The molecule has 1 aromatic carbocycles. The van der Waals surface area contributed by atoms with Crippen LogP contribution >= 0.6 is 0 Å². The van der Waals surface area contributed by atoms with E-state index in [1.165, 1.54) is 22.6 Å². The van der Waals surface area contributed by atoms with E-state index < -0.39 is 0 Å². The first-order chi connectivity index (χ1) is 11.1. The fourth-order valence-electron chi connectivity index (χ4n) is 3.34. The van der Waals surface area contributed by atoms with Crippen molar-refractivity contribution in [2.75, 3.05) is 0 Å². The van der Waals surface area contributed by atoms with Crippen molar-refractivity contribution >= 4 is 5.91 Å². The van der Waals surface area contributed by atoms with E-state index in [0.29, 0.717) is 11.5 Å². The molecule has 0 spiro atoms. The van der Waals surface area contributed by atoms with E-state index >= 15 is 0 Å². The van der Waals surface area contributed by atoms with Gasteiger partial charge in [0.25, 0.3) is 11.5 Å². The van der Waals surface area contributed by atoms with Gasteiger partial charge in [0, 0.05) is 36.8 Å². The number of hydrogen-bond acceptors (Lipinski definition) is 2. The molecule has 1 fully saturated rings. The highest BCUT2D eigenvalue weighted by molar-refractivity contribution is 5.94. The third-order valence-corrected chi connectivity index (χ3v) is 4.68. The Morgan fingerprint density at radius 1 is 1.13 bits per heavy atom. The summed E-state index contributed by atoms with van der Waals surface area (Å²) in [6.07, 6.45) is 6.02. The number of carbonyl (C=O) groups excluding carboxylic acids is 1. The lowest BCUT2D eigenvalue weighted by Gasteiger charge is -2.32. The summed E-state index contributed by atoms with van der Waals surface area (Å²) in [5.41, 5.74) is 1.55. The molecule has 23 heavy (non-hydrogen) atoms. The first-order valence-corrected chi connectivity index (χ1v) is 8.17. The van der Waals surface area contributed by atoms with Crippen molar-refractivity contribution in [2.24, 2.45) is 7.05 Å². The first kappa shape index (κ1) is 15.5. The normalized spacial score (nSPS) is 20.9. The van der Waals surface area contributed by atoms with Gasteiger partial charge in [-0.05, 0) is 24.5 Å². The van der Waals surface area contributed by atoms with Gasteiger partial charge in [-0.3, -0.25) is 9.59 Å². The van der Waals surface area contributed by atoms with Crippen molar-refractivity contribution in [2.45, 2.75) is 37.6 Å². The van der Waals surface area contributed by atoms with Gasteiger partial charge in [-0.1, -0.05) is 43.2 Å². The molecular formula is C19H22N2O2. The molecule has 1 amide bonds. The van der Waals surface area contributed by atoms with Crippen LogP contribution in [0.4, 0.5) is 0 Å². The highest BCUT2D eigenvalue weighted by Gasteiger charge is 2.28. The van der Waals surface area contributed by atoms with E-state index in [4.69, 9.17) is 0 Å². The second-order valence-electron chi connectivity index (χ2n) is 6.25. The molecule has 0 radical (unpaired) electrons. The molecule has 0 bridgehead atoms. The number of carbonyl (C=O) groups is 1. The Morgan fingerprint density at radius 2 is 1.87 bits per heavy atom. The molecule has 1 aliphatic rings. The highest BCUT2D eigenvalue weighted by Crippen LogP contribution is 2.33. The molecule has 2 aromatic rings. The van der Waals surface area contributed by atoms with Crippen molar-refractivity contribution in [3.05, 3.63) is 70.1 Å². The Kier molecular flexibility index (Phi) is 4.60. The minimum atomic E-state index is -0.166. The maximum atomic E-state index is 12.5. The summed E-state index contributed by atoms with van der Waals surface area (Å²) in [6.45, 7) is 0. The third kappa shape index (κ3) is 3.52. The molecule has 1 aromatic heterocycles. The maximum absolute atomic E-state index is 12.5. The Morgan fingerprint density at radius 3 is 2.61 bits per heavy atom. The minimum absolute atomic E-state index is 0.128. The van der Waals surface area contributed by atoms with Crippen LogP contribution in [0.15, 0.2) is 53.5 Å². The van der Waals surface area contributed by atoms with Crippen LogP contribution < -0.4 is 10.9 Å². The molecule has 3 rings (SSSR count). The zero-order valence-corrected chi connectivity index (χ0v) is 13.4. The fourth-order valence-corrected chi connectivity index (χ4v) is 3.34. The van der Waals surface area contributed by atoms with Gasteiger partial charge in [-0.25, -0.2) is 0 Å². The number of aryl methyl sites for hydroxylation is 1. The summed E-state index contributed by atoms with van der Waals surface area (Å²) in [7, 11) is 1.68. The zero-order valence-electron chi connectivity index (χ0n) is 13.4. The van der Waals surface area contributed by atoms with E-state index in [1.54, 1.807) is 19.3 Å². The molecule has 1 aliphatic carbocycles. The lowest BCUT2D eigenvalue weighted by atomic mass is 9.80. The molecule has 2 atom stereocenters. The number of nitrogens with one attached hydrogen (secondary N) is 1. The lowest BCUT2D eigenvalue weighted by Crippen LogP contribution is -2.41. The molecule has 0 saturated heterocycles. The molecule has 1 heterocycles. The van der Waals surface area contributed by atoms with Crippen LogP contribution in [0.1, 0.15) is 47.5 Å². The second kappa shape index (κ2) is 6.82. The number of pyridine rings is 1. The van der Waals surface area contributed by atoms with Gasteiger partial charge in [0.15, 0.2) is 0 Å². The first-order valence-electron chi connectivity index (χ1n) is 8.17. The molecule has 4 nitrogen and oxygen atoms in total. The summed E-state index contributed by atoms with van der Waals surface area (Å²) >= 11 is 0. The van der Waals surface area contributed by atoms with E-state index in [1.807, 2.05) is 18.2 Å². The van der Waals surface area contributed by atoms with Gasteiger partial charge in [0.05, 0.1) is 0 Å². The van der Waals surface area contributed by atoms with Crippen LogP contribution in [-0.2, 0) is 7.05 Å². The number of hydrogen-bond donors (Lipinski definition) is 1. The average molecular weight is 310 g/mol. The summed E-state index contributed by atoms with van der Waals surface area (Å²) in [5.74, 6) is 0.191. The number of amides is 1. The highest BCUT2D eigenvalue weighted by atomic mass is 16.2. The van der Waals surface area contributed by atoms with E-state index in [2.05, 4.69) is 17.4 Å². The SMILES string of the molecule is Cn1ccc(C(=O)N[C@@H]2CCCC[C@@H]2c2ccccc2)cc1=O. The molecule has 120 valence electrons. The number of nitrogens with zero attached hydrogens (tertiary/aromatic N) is 1. The molecule has 1 saturated carbocycles. The minimum Gasteiger partial charge on any atom is -0.349 e. The molecule has 4 heteroatoms. The number of rotatable bonds is 3. The molecule has 1 N–H and O–H groups in total. The maximum Gasteiger partial charge on any atom is 0.251 e. The summed E-state index contributed by atoms with van der Waals surface area (Å²) < 4.78 is 1.46. The van der Waals surface area contributed by atoms with Gasteiger partial charge < -0.3 is 9.88 Å². The van der Waals surface area contributed by atoms with Crippen LogP contribution in [0.3, 0.4) is 0 Å². The van der Waals surface area contributed by atoms with Crippen LogP contribution in [0.5, 0.6) is 0 Å².